The highest BCUT2D eigenvalue weighted by molar-refractivity contribution is 4.90. The van der Waals surface area contributed by atoms with Crippen molar-refractivity contribution in [3.05, 3.63) is 0 Å². The Balaban J connectivity index is 2.17. The van der Waals surface area contributed by atoms with Crippen LogP contribution in [0.15, 0.2) is 0 Å². The van der Waals surface area contributed by atoms with Crippen LogP contribution < -0.4 is 5.32 Å². The molecule has 1 rings (SSSR count). The van der Waals surface area contributed by atoms with Gasteiger partial charge < -0.3 is 10.4 Å². The number of hydrogen-bond acceptors (Lipinski definition) is 3. The summed E-state index contributed by atoms with van der Waals surface area (Å²) in [6.07, 6.45) is 11.1. The fourth-order valence-corrected chi connectivity index (χ4v) is 2.70. The fourth-order valence-electron chi connectivity index (χ4n) is 2.70. The molecule has 0 radical (unpaired) electrons. The zero-order valence-corrected chi connectivity index (χ0v) is 11.7. The monoisotopic (exact) mass is 252 g/mol. The second-order valence-electron chi connectivity index (χ2n) is 5.33. The van der Waals surface area contributed by atoms with Gasteiger partial charge in [-0.3, -0.25) is 4.90 Å². The van der Waals surface area contributed by atoms with Gasteiger partial charge in [0.25, 0.3) is 0 Å². The summed E-state index contributed by atoms with van der Waals surface area (Å²) in [5.41, 5.74) is 0. The highest BCUT2D eigenvalue weighted by Crippen LogP contribution is 2.13. The Kier molecular flexibility index (Phi) is 8.08. The first-order valence-corrected chi connectivity index (χ1v) is 7.30. The number of nitrogens with one attached hydrogen (secondary N) is 1. The Morgan fingerprint density at radius 3 is 2.67 bits per heavy atom. The van der Waals surface area contributed by atoms with Crippen molar-refractivity contribution in [1.29, 1.82) is 0 Å². The lowest BCUT2D eigenvalue weighted by Crippen LogP contribution is -2.44. The minimum absolute atomic E-state index is 0.312. The molecule has 3 nitrogen and oxygen atoms in total. The third kappa shape index (κ3) is 5.86. The standard InChI is InChI=1S/C15H28N2O/c1-3-5-14(8-12-18)13-16-15-6-10-17(9-4-2)11-7-15/h2,14-16,18H,3,5-13H2,1H3. The van der Waals surface area contributed by atoms with Crippen LogP contribution in [0.5, 0.6) is 0 Å². The van der Waals surface area contributed by atoms with Crippen LogP contribution >= 0.6 is 0 Å². The molecule has 1 aliphatic heterocycles. The summed E-state index contributed by atoms with van der Waals surface area (Å²) in [6, 6.07) is 0.636. The largest absolute Gasteiger partial charge is 0.396 e. The summed E-state index contributed by atoms with van der Waals surface area (Å²) in [5, 5.41) is 12.7. The fraction of sp³-hybridized carbons (Fsp3) is 0.867. The predicted molar refractivity (Wildman–Crippen MR) is 76.4 cm³/mol. The lowest BCUT2D eigenvalue weighted by molar-refractivity contribution is 0.204. The first kappa shape index (κ1) is 15.5. The van der Waals surface area contributed by atoms with Gasteiger partial charge in [0, 0.05) is 25.7 Å². The second kappa shape index (κ2) is 9.38. The molecule has 0 aromatic heterocycles. The van der Waals surface area contributed by atoms with E-state index in [9.17, 15) is 0 Å². The van der Waals surface area contributed by atoms with Gasteiger partial charge in [0.1, 0.15) is 0 Å². The van der Waals surface area contributed by atoms with E-state index in [1.54, 1.807) is 0 Å². The smallest absolute Gasteiger partial charge is 0.0598 e. The quantitative estimate of drug-likeness (QED) is 0.642. The molecule has 18 heavy (non-hydrogen) atoms. The van der Waals surface area contributed by atoms with E-state index in [0.29, 0.717) is 18.6 Å². The van der Waals surface area contributed by atoms with Crippen LogP contribution in [-0.2, 0) is 0 Å². The number of likely N-dealkylation sites (tertiary alicyclic amines) is 1. The van der Waals surface area contributed by atoms with Crippen molar-refractivity contribution >= 4 is 0 Å². The number of aliphatic hydroxyl groups excluding tert-OH is 1. The number of nitrogens with zero attached hydrogens (tertiary/aromatic N) is 1. The third-order valence-electron chi connectivity index (χ3n) is 3.83. The minimum atomic E-state index is 0.312. The summed E-state index contributed by atoms with van der Waals surface area (Å²) < 4.78 is 0. The summed E-state index contributed by atoms with van der Waals surface area (Å²) in [7, 11) is 0. The first-order chi connectivity index (χ1) is 8.80. The average Bonchev–Trinajstić information content (AvgIpc) is 2.38. The van der Waals surface area contributed by atoms with Crippen molar-refractivity contribution in [2.75, 3.05) is 32.8 Å². The molecule has 1 fully saturated rings. The summed E-state index contributed by atoms with van der Waals surface area (Å²) in [5.74, 6) is 3.34. The van der Waals surface area contributed by atoms with Gasteiger partial charge in [0.05, 0.1) is 6.54 Å². The molecule has 0 aromatic carbocycles. The zero-order valence-electron chi connectivity index (χ0n) is 11.7. The molecule has 104 valence electrons. The number of hydrogen-bond donors (Lipinski definition) is 2. The molecular formula is C15H28N2O. The van der Waals surface area contributed by atoms with E-state index in [1.165, 1.54) is 25.7 Å². The molecule has 0 aromatic rings. The highest BCUT2D eigenvalue weighted by atomic mass is 16.3. The van der Waals surface area contributed by atoms with Gasteiger partial charge in [-0.05, 0) is 38.1 Å². The van der Waals surface area contributed by atoms with Crippen LogP contribution in [0.1, 0.15) is 39.0 Å². The van der Waals surface area contributed by atoms with E-state index in [2.05, 4.69) is 23.1 Å². The van der Waals surface area contributed by atoms with Crippen LogP contribution in [0.3, 0.4) is 0 Å². The molecular weight excluding hydrogens is 224 g/mol. The van der Waals surface area contributed by atoms with Gasteiger partial charge in [0.2, 0.25) is 0 Å². The molecule has 1 aliphatic rings. The van der Waals surface area contributed by atoms with Crippen molar-refractivity contribution in [2.45, 2.75) is 45.1 Å². The highest BCUT2D eigenvalue weighted by Gasteiger charge is 2.18. The van der Waals surface area contributed by atoms with E-state index in [0.717, 1.165) is 32.6 Å². The number of rotatable bonds is 8. The Hall–Kier alpha value is -0.560. The Morgan fingerprint density at radius 2 is 2.11 bits per heavy atom. The van der Waals surface area contributed by atoms with Crippen molar-refractivity contribution < 1.29 is 5.11 Å². The number of aliphatic hydroxyl groups is 1. The van der Waals surface area contributed by atoms with Gasteiger partial charge in [-0.1, -0.05) is 19.3 Å². The van der Waals surface area contributed by atoms with E-state index in [-0.39, 0.29) is 0 Å². The molecule has 1 saturated heterocycles. The van der Waals surface area contributed by atoms with Gasteiger partial charge >= 0.3 is 0 Å². The van der Waals surface area contributed by atoms with E-state index in [4.69, 9.17) is 11.5 Å². The zero-order chi connectivity index (χ0) is 13.2. The third-order valence-corrected chi connectivity index (χ3v) is 3.83. The van der Waals surface area contributed by atoms with Crippen molar-refractivity contribution in [2.24, 2.45) is 5.92 Å². The Labute approximate surface area is 112 Å². The first-order valence-electron chi connectivity index (χ1n) is 7.30. The van der Waals surface area contributed by atoms with Crippen molar-refractivity contribution in [3.63, 3.8) is 0 Å². The van der Waals surface area contributed by atoms with Crippen LogP contribution in [0.2, 0.25) is 0 Å². The predicted octanol–water partition coefficient (Wildman–Crippen LogP) is 1.47. The maximum Gasteiger partial charge on any atom is 0.0598 e. The SMILES string of the molecule is C#CCN1CCC(NCC(CCC)CCO)CC1. The topological polar surface area (TPSA) is 35.5 Å². The van der Waals surface area contributed by atoms with Crippen LogP contribution in [0, 0.1) is 18.3 Å². The molecule has 0 bridgehead atoms. The summed E-state index contributed by atoms with van der Waals surface area (Å²) in [4.78, 5) is 2.34. The molecule has 0 aliphatic carbocycles. The molecule has 2 N–H and O–H groups in total. The van der Waals surface area contributed by atoms with Crippen molar-refractivity contribution in [1.82, 2.24) is 10.2 Å². The number of terminal acetylenes is 1. The second-order valence-corrected chi connectivity index (χ2v) is 5.33. The summed E-state index contributed by atoms with van der Waals surface area (Å²) >= 11 is 0. The van der Waals surface area contributed by atoms with Crippen LogP contribution in [0.25, 0.3) is 0 Å². The molecule has 0 saturated carbocycles. The Morgan fingerprint density at radius 1 is 1.39 bits per heavy atom. The van der Waals surface area contributed by atoms with Crippen LogP contribution in [0.4, 0.5) is 0 Å². The molecule has 0 spiro atoms. The van der Waals surface area contributed by atoms with Gasteiger partial charge in [-0.15, -0.1) is 6.42 Å². The normalized spacial score (nSPS) is 19.6. The van der Waals surface area contributed by atoms with Gasteiger partial charge in [0.15, 0.2) is 0 Å². The van der Waals surface area contributed by atoms with Crippen LogP contribution in [-0.4, -0.2) is 48.8 Å². The van der Waals surface area contributed by atoms with Gasteiger partial charge in [-0.25, -0.2) is 0 Å². The van der Waals surface area contributed by atoms with E-state index < -0.39 is 0 Å². The molecule has 1 unspecified atom stereocenters. The molecule has 0 amide bonds. The lowest BCUT2D eigenvalue weighted by Gasteiger charge is -2.32. The maximum absolute atomic E-state index is 9.04. The molecule has 1 heterocycles. The average molecular weight is 252 g/mol. The Bertz CT molecular complexity index is 235. The minimum Gasteiger partial charge on any atom is -0.396 e. The summed E-state index contributed by atoms with van der Waals surface area (Å²) in [6.45, 7) is 6.58. The van der Waals surface area contributed by atoms with Gasteiger partial charge in [-0.2, -0.15) is 0 Å². The van der Waals surface area contributed by atoms with Crippen molar-refractivity contribution in [3.8, 4) is 12.3 Å². The molecule has 1 atom stereocenters. The molecule has 3 heteroatoms. The maximum atomic E-state index is 9.04. The van der Waals surface area contributed by atoms with E-state index in [1.807, 2.05) is 0 Å². The number of piperidine rings is 1. The lowest BCUT2D eigenvalue weighted by atomic mass is 9.98. The van der Waals surface area contributed by atoms with E-state index >= 15 is 0 Å².